The topological polar surface area (TPSA) is 107 Å². The molecule has 198 valence electrons. The van der Waals surface area contributed by atoms with Crippen molar-refractivity contribution in [3.8, 4) is 28.5 Å². The molecule has 3 rings (SSSR count). The normalized spacial score (nSPS) is 10.6. The van der Waals surface area contributed by atoms with Gasteiger partial charge in [-0.05, 0) is 48.9 Å². The molecule has 0 saturated heterocycles. The maximum atomic E-state index is 12.6. The van der Waals surface area contributed by atoms with Gasteiger partial charge in [-0.1, -0.05) is 18.2 Å². The fraction of sp³-hybridized carbons (Fsp3) is 0.269. The van der Waals surface area contributed by atoms with Gasteiger partial charge in [-0.15, -0.1) is 0 Å². The van der Waals surface area contributed by atoms with Crippen LogP contribution in [-0.2, 0) is 11.0 Å². The molecule has 11 heteroatoms. The number of nitrogens with one attached hydrogen (secondary N) is 1. The van der Waals surface area contributed by atoms with E-state index in [1.54, 1.807) is 7.11 Å². The highest BCUT2D eigenvalue weighted by Crippen LogP contribution is 2.33. The zero-order valence-corrected chi connectivity index (χ0v) is 20.5. The molecule has 0 aliphatic rings. The van der Waals surface area contributed by atoms with Crippen LogP contribution in [0.2, 0.25) is 0 Å². The number of carbonyl (C=O) groups is 2. The number of pyridine rings is 1. The second-order valence-corrected chi connectivity index (χ2v) is 7.47. The van der Waals surface area contributed by atoms with Crippen LogP contribution in [0.15, 0.2) is 54.6 Å². The van der Waals surface area contributed by atoms with E-state index < -0.39 is 17.5 Å². The number of carbonyl (C=O) groups excluding carboxylic acids is 2. The number of benzene rings is 2. The number of nitrogens with zero attached hydrogens (tertiary/aromatic N) is 1. The van der Waals surface area contributed by atoms with E-state index in [4.69, 9.17) is 19.3 Å². The number of halogens is 3. The smallest absolute Gasteiger partial charge is 0.416 e. The number of alkyl halides is 3. The zero-order valence-electron chi connectivity index (χ0n) is 20.5. The largest absolute Gasteiger partial charge is 0.494 e. The third-order valence-corrected chi connectivity index (χ3v) is 4.86. The number of amides is 1. The van der Waals surface area contributed by atoms with Crippen molar-refractivity contribution in [2.75, 3.05) is 34.0 Å². The van der Waals surface area contributed by atoms with E-state index in [0.717, 1.165) is 17.7 Å². The Morgan fingerprint density at radius 1 is 1.00 bits per heavy atom. The molecule has 37 heavy (non-hydrogen) atoms. The summed E-state index contributed by atoms with van der Waals surface area (Å²) >= 11 is 0. The van der Waals surface area contributed by atoms with E-state index in [1.165, 1.54) is 31.4 Å². The Balaban J connectivity index is 0.000000312. The molecule has 0 bridgehead atoms. The summed E-state index contributed by atoms with van der Waals surface area (Å²) in [7, 11) is 2.99. The Hall–Kier alpha value is -4.12. The van der Waals surface area contributed by atoms with Gasteiger partial charge in [0.05, 0.1) is 32.9 Å². The fourth-order valence-electron chi connectivity index (χ4n) is 3.06. The number of hydrogen-bond donors (Lipinski definition) is 2. The van der Waals surface area contributed by atoms with E-state index in [-0.39, 0.29) is 24.5 Å². The Morgan fingerprint density at radius 2 is 1.65 bits per heavy atom. The Kier molecular flexibility index (Phi) is 10.9. The van der Waals surface area contributed by atoms with E-state index in [2.05, 4.69) is 10.3 Å². The molecule has 1 aromatic heterocycles. The first-order valence-electron chi connectivity index (χ1n) is 11.0. The summed E-state index contributed by atoms with van der Waals surface area (Å²) in [6.07, 6.45) is -4.05. The monoisotopic (exact) mass is 520 g/mol. The average molecular weight is 521 g/mol. The van der Waals surface area contributed by atoms with Crippen LogP contribution in [0.3, 0.4) is 0 Å². The van der Waals surface area contributed by atoms with Crippen molar-refractivity contribution >= 4 is 12.2 Å². The van der Waals surface area contributed by atoms with Gasteiger partial charge in [0.1, 0.15) is 23.7 Å². The summed E-state index contributed by atoms with van der Waals surface area (Å²) in [6, 6.07) is 13.0. The maximum absolute atomic E-state index is 12.6. The summed E-state index contributed by atoms with van der Waals surface area (Å²) in [5.74, 6) is 1.25. The lowest BCUT2D eigenvalue weighted by molar-refractivity contribution is -0.137. The van der Waals surface area contributed by atoms with Gasteiger partial charge < -0.3 is 24.6 Å². The van der Waals surface area contributed by atoms with E-state index in [0.29, 0.717) is 35.8 Å². The molecule has 0 aliphatic carbocycles. The number of methoxy groups -OCH3 is 2. The summed E-state index contributed by atoms with van der Waals surface area (Å²) in [5, 5.41) is 10.8. The fourth-order valence-corrected chi connectivity index (χ4v) is 3.06. The van der Waals surface area contributed by atoms with E-state index >= 15 is 0 Å². The number of aliphatic hydroxyl groups excluding tert-OH is 1. The van der Waals surface area contributed by atoms with Crippen LogP contribution >= 0.6 is 0 Å². The minimum atomic E-state index is -4.44. The predicted molar refractivity (Wildman–Crippen MR) is 130 cm³/mol. The molecule has 1 heterocycles. The number of rotatable bonds is 10. The van der Waals surface area contributed by atoms with Gasteiger partial charge in [0.15, 0.2) is 17.3 Å². The van der Waals surface area contributed by atoms with Crippen LogP contribution in [0, 0.1) is 6.92 Å². The molecule has 1 amide bonds. The average Bonchev–Trinajstić information content (AvgIpc) is 2.90. The van der Waals surface area contributed by atoms with Crippen LogP contribution in [0.4, 0.5) is 13.2 Å². The number of aliphatic hydroxyl groups is 1. The standard InChI is InChI=1S/C16H13F3N2O3.C10H14O3/c1-24-14-7-6-12(13(23)8-20-9-22)21-15(14)10-2-4-11(5-3-10)16(17,18)19;1-8-3-4-9(13-6-5-11)10(7-8)12-2/h2-7,9H,8H2,1H3,(H,20,22);3-4,7,11H,5-6H2,1-2H3. The number of hydrogen-bond acceptors (Lipinski definition) is 7. The molecule has 0 saturated carbocycles. The van der Waals surface area contributed by atoms with E-state index in [1.807, 2.05) is 25.1 Å². The molecular weight excluding hydrogens is 493 g/mol. The summed E-state index contributed by atoms with van der Waals surface area (Å²) in [5.41, 5.74) is 1.02. The second kappa shape index (κ2) is 13.8. The lowest BCUT2D eigenvalue weighted by Crippen LogP contribution is -2.22. The molecule has 0 spiro atoms. The SMILES string of the molecule is COc1cc(C)ccc1OCCO.COc1ccc(C(=O)CNC=O)nc1-c1ccc(C(F)(F)F)cc1. The first-order valence-corrected chi connectivity index (χ1v) is 11.0. The van der Waals surface area contributed by atoms with Crippen molar-refractivity contribution in [1.29, 1.82) is 0 Å². The van der Waals surface area contributed by atoms with Gasteiger partial charge in [-0.25, -0.2) is 4.98 Å². The molecule has 0 aliphatic heterocycles. The van der Waals surface area contributed by atoms with Gasteiger partial charge in [0.2, 0.25) is 6.41 Å². The van der Waals surface area contributed by atoms with Gasteiger partial charge in [-0.3, -0.25) is 9.59 Å². The maximum Gasteiger partial charge on any atom is 0.416 e. The first kappa shape index (κ1) is 29.1. The Morgan fingerprint density at radius 3 is 2.22 bits per heavy atom. The van der Waals surface area contributed by atoms with Crippen LogP contribution in [0.5, 0.6) is 17.2 Å². The predicted octanol–water partition coefficient (Wildman–Crippen LogP) is 4.08. The zero-order chi connectivity index (χ0) is 27.4. The second-order valence-electron chi connectivity index (χ2n) is 7.47. The summed E-state index contributed by atoms with van der Waals surface area (Å²) in [4.78, 5) is 26.3. The molecular formula is C26H27F3N2O6. The quantitative estimate of drug-likeness (QED) is 0.307. The van der Waals surface area contributed by atoms with Gasteiger partial charge in [0, 0.05) is 5.56 Å². The van der Waals surface area contributed by atoms with Crippen LogP contribution in [0.25, 0.3) is 11.3 Å². The Bertz CT molecular complexity index is 1180. The van der Waals surface area contributed by atoms with Crippen LogP contribution in [0.1, 0.15) is 21.6 Å². The highest BCUT2D eigenvalue weighted by Gasteiger charge is 2.30. The molecule has 3 aromatic rings. The van der Waals surface area contributed by atoms with Crippen molar-refractivity contribution in [3.63, 3.8) is 0 Å². The third-order valence-electron chi connectivity index (χ3n) is 4.86. The first-order chi connectivity index (χ1) is 17.6. The summed E-state index contributed by atoms with van der Waals surface area (Å²) < 4.78 is 53.4. The van der Waals surface area contributed by atoms with Crippen LogP contribution in [-0.4, -0.2) is 56.3 Å². The molecule has 0 unspecified atom stereocenters. The number of ketones is 1. The Labute approximate surface area is 212 Å². The highest BCUT2D eigenvalue weighted by atomic mass is 19.4. The molecule has 0 radical (unpaired) electrons. The van der Waals surface area contributed by atoms with Crippen molar-refractivity contribution in [2.24, 2.45) is 0 Å². The minimum absolute atomic E-state index is 0.0109. The van der Waals surface area contributed by atoms with Gasteiger partial charge in [0.25, 0.3) is 0 Å². The third kappa shape index (κ3) is 8.50. The number of Topliss-reactive ketones (excluding diaryl/α,β-unsaturated/α-hetero) is 1. The summed E-state index contributed by atoms with van der Waals surface area (Å²) in [6.45, 7) is 2.06. The van der Waals surface area contributed by atoms with Crippen LogP contribution < -0.4 is 19.5 Å². The van der Waals surface area contributed by atoms with Crippen molar-refractivity contribution in [1.82, 2.24) is 10.3 Å². The number of ether oxygens (including phenoxy) is 3. The van der Waals surface area contributed by atoms with E-state index in [9.17, 15) is 22.8 Å². The van der Waals surface area contributed by atoms with Gasteiger partial charge >= 0.3 is 6.18 Å². The molecule has 0 fully saturated rings. The minimum Gasteiger partial charge on any atom is -0.494 e. The molecule has 8 nitrogen and oxygen atoms in total. The lowest BCUT2D eigenvalue weighted by Gasteiger charge is -2.11. The van der Waals surface area contributed by atoms with Crippen molar-refractivity contribution < 1.29 is 42.1 Å². The lowest BCUT2D eigenvalue weighted by atomic mass is 10.1. The molecule has 0 atom stereocenters. The molecule has 2 aromatic carbocycles. The van der Waals surface area contributed by atoms with Gasteiger partial charge in [-0.2, -0.15) is 13.2 Å². The van der Waals surface area contributed by atoms with Crippen molar-refractivity contribution in [3.05, 3.63) is 71.4 Å². The highest BCUT2D eigenvalue weighted by molar-refractivity contribution is 5.97. The van der Waals surface area contributed by atoms with Crippen molar-refractivity contribution in [2.45, 2.75) is 13.1 Å². The molecule has 2 N–H and O–H groups in total. The number of aromatic nitrogens is 1. The number of aryl methyl sites for hydroxylation is 1.